The first-order valence-corrected chi connectivity index (χ1v) is 4.75. The van der Waals surface area contributed by atoms with Crippen LogP contribution in [0.1, 0.15) is 16.8 Å². The first-order valence-electron chi connectivity index (χ1n) is 4.21. The Hall–Kier alpha value is -1.02. The van der Waals surface area contributed by atoms with Gasteiger partial charge in [-0.3, -0.25) is 0 Å². The molecule has 0 bridgehead atoms. The minimum atomic E-state index is 0.504. The Kier molecular flexibility index (Phi) is 2.00. The lowest BCUT2D eigenvalue weighted by atomic mass is 10.2. The maximum Gasteiger partial charge on any atom is 0.137 e. The Bertz CT molecular complexity index is 445. The van der Waals surface area contributed by atoms with Crippen LogP contribution in [-0.4, -0.2) is 9.38 Å². The highest BCUT2D eigenvalue weighted by Crippen LogP contribution is 2.13. The van der Waals surface area contributed by atoms with E-state index in [2.05, 4.69) is 31.1 Å². The van der Waals surface area contributed by atoms with E-state index in [9.17, 15) is 0 Å². The van der Waals surface area contributed by atoms with Crippen molar-refractivity contribution in [3.8, 4) is 0 Å². The molecular formula is C10H11ClN2. The van der Waals surface area contributed by atoms with Crippen molar-refractivity contribution in [2.24, 2.45) is 0 Å². The molecular weight excluding hydrogens is 184 g/mol. The Morgan fingerprint density at radius 2 is 2.15 bits per heavy atom. The number of alkyl halides is 1. The Morgan fingerprint density at radius 1 is 1.38 bits per heavy atom. The minimum absolute atomic E-state index is 0.504. The van der Waals surface area contributed by atoms with Crippen LogP contribution in [0.15, 0.2) is 18.5 Å². The van der Waals surface area contributed by atoms with Crippen molar-refractivity contribution in [3.63, 3.8) is 0 Å². The molecule has 0 aliphatic heterocycles. The molecule has 0 saturated carbocycles. The summed E-state index contributed by atoms with van der Waals surface area (Å²) < 4.78 is 2.04. The first-order chi connectivity index (χ1) is 6.22. The van der Waals surface area contributed by atoms with E-state index in [1.807, 2.05) is 10.6 Å². The van der Waals surface area contributed by atoms with Crippen molar-refractivity contribution in [2.45, 2.75) is 19.7 Å². The third-order valence-corrected chi connectivity index (χ3v) is 2.60. The van der Waals surface area contributed by atoms with Crippen molar-refractivity contribution < 1.29 is 0 Å². The van der Waals surface area contributed by atoms with Gasteiger partial charge in [0.05, 0.1) is 17.8 Å². The highest BCUT2D eigenvalue weighted by atomic mass is 35.5. The van der Waals surface area contributed by atoms with Gasteiger partial charge in [0.15, 0.2) is 0 Å². The summed E-state index contributed by atoms with van der Waals surface area (Å²) in [6.07, 6.45) is 3.90. The molecule has 2 rings (SSSR count). The molecule has 2 heterocycles. The van der Waals surface area contributed by atoms with Crippen LogP contribution in [-0.2, 0) is 5.88 Å². The number of nitrogens with zero attached hydrogens (tertiary/aromatic N) is 2. The molecule has 0 aliphatic rings. The van der Waals surface area contributed by atoms with Gasteiger partial charge in [0, 0.05) is 6.20 Å². The molecule has 0 spiro atoms. The number of rotatable bonds is 1. The van der Waals surface area contributed by atoms with Crippen LogP contribution in [0.4, 0.5) is 0 Å². The van der Waals surface area contributed by atoms with Gasteiger partial charge < -0.3 is 4.40 Å². The molecule has 0 aliphatic carbocycles. The smallest absolute Gasteiger partial charge is 0.137 e. The average Bonchev–Trinajstić information content (AvgIpc) is 2.48. The van der Waals surface area contributed by atoms with Gasteiger partial charge in [-0.15, -0.1) is 11.6 Å². The van der Waals surface area contributed by atoms with E-state index < -0.39 is 0 Å². The predicted octanol–water partition coefficient (Wildman–Crippen LogP) is 2.69. The van der Waals surface area contributed by atoms with Gasteiger partial charge >= 0.3 is 0 Å². The lowest BCUT2D eigenvalue weighted by molar-refractivity contribution is 1.06. The number of hydrogen-bond acceptors (Lipinski definition) is 1. The molecule has 0 aromatic carbocycles. The molecule has 68 valence electrons. The fourth-order valence-electron chi connectivity index (χ4n) is 1.37. The fraction of sp³-hybridized carbons (Fsp3) is 0.300. The van der Waals surface area contributed by atoms with E-state index in [4.69, 9.17) is 11.6 Å². The molecule has 2 aromatic heterocycles. The minimum Gasteiger partial charge on any atom is -0.303 e. The van der Waals surface area contributed by atoms with Gasteiger partial charge in [-0.2, -0.15) is 0 Å². The zero-order valence-electron chi connectivity index (χ0n) is 7.71. The summed E-state index contributed by atoms with van der Waals surface area (Å²) in [4.78, 5) is 4.27. The Morgan fingerprint density at radius 3 is 2.85 bits per heavy atom. The van der Waals surface area contributed by atoms with Crippen molar-refractivity contribution in [1.82, 2.24) is 9.38 Å². The highest BCUT2D eigenvalue weighted by molar-refractivity contribution is 6.16. The maximum absolute atomic E-state index is 5.78. The number of imidazole rings is 1. The second kappa shape index (κ2) is 3.04. The molecule has 0 N–H and O–H groups in total. The van der Waals surface area contributed by atoms with Crippen LogP contribution >= 0.6 is 11.6 Å². The lowest BCUT2D eigenvalue weighted by Crippen LogP contribution is -1.92. The van der Waals surface area contributed by atoms with Crippen molar-refractivity contribution in [1.29, 1.82) is 0 Å². The van der Waals surface area contributed by atoms with Gasteiger partial charge in [0.1, 0.15) is 5.65 Å². The Balaban J connectivity index is 2.77. The first kappa shape index (κ1) is 8.57. The summed E-state index contributed by atoms with van der Waals surface area (Å²) in [6, 6.07) is 2.07. The van der Waals surface area contributed by atoms with Crippen LogP contribution < -0.4 is 0 Å². The van der Waals surface area contributed by atoms with E-state index in [-0.39, 0.29) is 0 Å². The third kappa shape index (κ3) is 1.31. The number of hydrogen-bond donors (Lipinski definition) is 0. The highest BCUT2D eigenvalue weighted by Gasteiger charge is 2.03. The maximum atomic E-state index is 5.78. The van der Waals surface area contributed by atoms with Gasteiger partial charge in [0.2, 0.25) is 0 Å². The number of halogens is 1. The molecule has 3 heteroatoms. The zero-order valence-corrected chi connectivity index (χ0v) is 8.47. The number of fused-ring (bicyclic) bond motifs is 1. The van der Waals surface area contributed by atoms with Crippen LogP contribution in [0, 0.1) is 13.8 Å². The summed E-state index contributed by atoms with van der Waals surface area (Å²) in [5, 5.41) is 0. The molecule has 2 nitrogen and oxygen atoms in total. The molecule has 2 aromatic rings. The van der Waals surface area contributed by atoms with Gasteiger partial charge in [0.25, 0.3) is 0 Å². The monoisotopic (exact) mass is 194 g/mol. The molecule has 0 saturated heterocycles. The van der Waals surface area contributed by atoms with Crippen molar-refractivity contribution in [3.05, 3.63) is 35.3 Å². The van der Waals surface area contributed by atoms with Crippen LogP contribution in [0.5, 0.6) is 0 Å². The van der Waals surface area contributed by atoms with E-state index in [1.54, 1.807) is 0 Å². The summed E-state index contributed by atoms with van der Waals surface area (Å²) >= 11 is 5.78. The van der Waals surface area contributed by atoms with Crippen LogP contribution in [0.3, 0.4) is 0 Å². The fourth-order valence-corrected chi connectivity index (χ4v) is 1.57. The Labute approximate surface area is 82.2 Å². The quantitative estimate of drug-likeness (QED) is 0.638. The normalized spacial score (nSPS) is 11.0. The lowest BCUT2D eigenvalue weighted by Gasteiger charge is -2.02. The van der Waals surface area contributed by atoms with Crippen LogP contribution in [0.25, 0.3) is 5.65 Å². The van der Waals surface area contributed by atoms with E-state index in [1.165, 1.54) is 11.1 Å². The molecule has 0 fully saturated rings. The van der Waals surface area contributed by atoms with E-state index in [0.717, 1.165) is 11.3 Å². The number of aryl methyl sites for hydroxylation is 2. The van der Waals surface area contributed by atoms with Crippen molar-refractivity contribution in [2.75, 3.05) is 0 Å². The molecule has 0 atom stereocenters. The number of pyridine rings is 1. The summed E-state index contributed by atoms with van der Waals surface area (Å²) in [5.74, 6) is 0.504. The summed E-state index contributed by atoms with van der Waals surface area (Å²) in [6.45, 7) is 4.18. The second-order valence-corrected chi connectivity index (χ2v) is 3.52. The SMILES string of the molecule is Cc1cc2ncc(CCl)n2cc1C. The van der Waals surface area contributed by atoms with Crippen LogP contribution in [0.2, 0.25) is 0 Å². The third-order valence-electron chi connectivity index (χ3n) is 2.33. The average molecular weight is 195 g/mol. The molecule has 0 amide bonds. The standard InChI is InChI=1S/C10H11ClN2/c1-7-3-10-12-5-9(4-11)13(10)6-8(7)2/h3,5-6H,4H2,1-2H3. The molecule has 13 heavy (non-hydrogen) atoms. The molecule has 0 unspecified atom stereocenters. The zero-order chi connectivity index (χ0) is 9.42. The number of aromatic nitrogens is 2. The topological polar surface area (TPSA) is 17.3 Å². The van der Waals surface area contributed by atoms with Crippen molar-refractivity contribution >= 4 is 17.2 Å². The van der Waals surface area contributed by atoms with Gasteiger partial charge in [-0.25, -0.2) is 4.98 Å². The van der Waals surface area contributed by atoms with Gasteiger partial charge in [-0.1, -0.05) is 0 Å². The second-order valence-electron chi connectivity index (χ2n) is 3.25. The summed E-state index contributed by atoms with van der Waals surface area (Å²) in [7, 11) is 0. The summed E-state index contributed by atoms with van der Waals surface area (Å²) in [5.41, 5.74) is 4.54. The largest absolute Gasteiger partial charge is 0.303 e. The van der Waals surface area contributed by atoms with Gasteiger partial charge in [-0.05, 0) is 31.0 Å². The van der Waals surface area contributed by atoms with E-state index in [0.29, 0.717) is 5.88 Å². The predicted molar refractivity (Wildman–Crippen MR) is 54.2 cm³/mol. The molecule has 0 radical (unpaired) electrons. The van der Waals surface area contributed by atoms with E-state index >= 15 is 0 Å².